The molecular weight excluding hydrogens is 248 g/mol. The van der Waals surface area contributed by atoms with Crippen LogP contribution in [-0.2, 0) is 11.2 Å². The first-order chi connectivity index (χ1) is 9.58. The van der Waals surface area contributed by atoms with Crippen LogP contribution in [0.5, 0.6) is 0 Å². The second-order valence-electron chi connectivity index (χ2n) is 5.93. The van der Waals surface area contributed by atoms with E-state index in [2.05, 4.69) is 36.3 Å². The number of aromatic amines is 1. The van der Waals surface area contributed by atoms with Gasteiger partial charge >= 0.3 is 0 Å². The molecule has 0 aliphatic carbocycles. The van der Waals surface area contributed by atoms with Gasteiger partial charge in [-0.15, -0.1) is 0 Å². The zero-order chi connectivity index (χ0) is 14.5. The van der Waals surface area contributed by atoms with Gasteiger partial charge in [0.1, 0.15) is 0 Å². The predicted octanol–water partition coefficient (Wildman–Crippen LogP) is 3.51. The summed E-state index contributed by atoms with van der Waals surface area (Å²) in [5, 5.41) is 4.29. The van der Waals surface area contributed by atoms with Crippen molar-refractivity contribution in [3.05, 3.63) is 36.0 Å². The molecule has 3 nitrogen and oxygen atoms in total. The lowest BCUT2D eigenvalue weighted by molar-refractivity contribution is -0.124. The minimum absolute atomic E-state index is 0.0953. The molecule has 1 unspecified atom stereocenters. The van der Waals surface area contributed by atoms with Crippen LogP contribution in [0.15, 0.2) is 30.5 Å². The number of aromatic nitrogens is 1. The summed E-state index contributed by atoms with van der Waals surface area (Å²) < 4.78 is 0. The first kappa shape index (κ1) is 14.6. The highest BCUT2D eigenvalue weighted by molar-refractivity contribution is 5.83. The number of rotatable bonds is 6. The van der Waals surface area contributed by atoms with Crippen molar-refractivity contribution in [2.24, 2.45) is 11.8 Å². The Morgan fingerprint density at radius 2 is 2.00 bits per heavy atom. The molecule has 2 N–H and O–H groups in total. The van der Waals surface area contributed by atoms with Gasteiger partial charge in [-0.2, -0.15) is 0 Å². The van der Waals surface area contributed by atoms with E-state index in [9.17, 15) is 4.79 Å². The largest absolute Gasteiger partial charge is 0.361 e. The summed E-state index contributed by atoms with van der Waals surface area (Å²) in [6.07, 6.45) is 3.84. The average molecular weight is 272 g/mol. The number of carbonyl (C=O) groups is 1. The van der Waals surface area contributed by atoms with Crippen LogP contribution < -0.4 is 5.32 Å². The Hall–Kier alpha value is -1.77. The van der Waals surface area contributed by atoms with Crippen molar-refractivity contribution in [2.45, 2.75) is 33.6 Å². The van der Waals surface area contributed by atoms with Crippen molar-refractivity contribution in [1.82, 2.24) is 10.3 Å². The molecule has 0 bridgehead atoms. The summed E-state index contributed by atoms with van der Waals surface area (Å²) in [5.41, 5.74) is 2.42. The van der Waals surface area contributed by atoms with E-state index in [0.29, 0.717) is 12.5 Å². The SMILES string of the molecule is CC(C)CC(C)C(=O)NCCc1c[nH]c2ccccc12. The monoisotopic (exact) mass is 272 g/mol. The molecule has 1 aromatic heterocycles. The lowest BCUT2D eigenvalue weighted by Crippen LogP contribution is -2.31. The Labute approximate surface area is 120 Å². The standard InChI is InChI=1S/C17H24N2O/c1-12(2)10-13(3)17(20)18-9-8-14-11-19-16-7-5-4-6-15(14)16/h4-7,11-13,19H,8-10H2,1-3H3,(H,18,20). The average Bonchev–Trinajstić information content (AvgIpc) is 2.81. The van der Waals surface area contributed by atoms with Crippen LogP contribution in [0, 0.1) is 11.8 Å². The normalized spacial score (nSPS) is 12.8. The topological polar surface area (TPSA) is 44.9 Å². The number of benzene rings is 1. The molecule has 2 rings (SSSR count). The van der Waals surface area contributed by atoms with Crippen LogP contribution in [0.1, 0.15) is 32.8 Å². The van der Waals surface area contributed by atoms with Gasteiger partial charge in [-0.25, -0.2) is 0 Å². The summed E-state index contributed by atoms with van der Waals surface area (Å²) >= 11 is 0. The molecular formula is C17H24N2O. The molecule has 3 heteroatoms. The van der Waals surface area contributed by atoms with Crippen LogP contribution in [-0.4, -0.2) is 17.4 Å². The number of H-pyrrole nitrogens is 1. The van der Waals surface area contributed by atoms with Gasteiger partial charge < -0.3 is 10.3 Å². The minimum Gasteiger partial charge on any atom is -0.361 e. The second-order valence-corrected chi connectivity index (χ2v) is 5.93. The van der Waals surface area contributed by atoms with Crippen LogP contribution in [0.25, 0.3) is 10.9 Å². The zero-order valence-corrected chi connectivity index (χ0v) is 12.6. The summed E-state index contributed by atoms with van der Waals surface area (Å²) in [6.45, 7) is 7.00. The summed E-state index contributed by atoms with van der Waals surface area (Å²) in [4.78, 5) is 15.2. The van der Waals surface area contributed by atoms with Crippen molar-refractivity contribution >= 4 is 16.8 Å². The lowest BCUT2D eigenvalue weighted by Gasteiger charge is -2.13. The number of para-hydroxylation sites is 1. The fourth-order valence-electron chi connectivity index (χ4n) is 2.65. The number of hydrogen-bond acceptors (Lipinski definition) is 1. The maximum atomic E-state index is 12.0. The van der Waals surface area contributed by atoms with Gasteiger partial charge in [0.15, 0.2) is 0 Å². The molecule has 1 amide bonds. The Balaban J connectivity index is 1.85. The van der Waals surface area contributed by atoms with Crippen molar-refractivity contribution in [2.75, 3.05) is 6.54 Å². The number of fused-ring (bicyclic) bond motifs is 1. The van der Waals surface area contributed by atoms with E-state index in [1.54, 1.807) is 0 Å². The molecule has 0 fully saturated rings. The summed E-state index contributed by atoms with van der Waals surface area (Å²) in [5.74, 6) is 0.820. The van der Waals surface area contributed by atoms with E-state index < -0.39 is 0 Å². The summed E-state index contributed by atoms with van der Waals surface area (Å²) in [6, 6.07) is 8.26. The third kappa shape index (κ3) is 3.62. The molecule has 1 atom stereocenters. The van der Waals surface area contributed by atoms with E-state index in [1.807, 2.05) is 25.3 Å². The van der Waals surface area contributed by atoms with E-state index in [0.717, 1.165) is 18.4 Å². The van der Waals surface area contributed by atoms with Crippen LogP contribution >= 0.6 is 0 Å². The first-order valence-corrected chi connectivity index (χ1v) is 7.40. The maximum Gasteiger partial charge on any atom is 0.222 e. The predicted molar refractivity (Wildman–Crippen MR) is 83.6 cm³/mol. The Morgan fingerprint density at radius 1 is 1.25 bits per heavy atom. The van der Waals surface area contributed by atoms with Gasteiger partial charge in [0.25, 0.3) is 0 Å². The number of amides is 1. The van der Waals surface area contributed by atoms with Crippen LogP contribution in [0.4, 0.5) is 0 Å². The third-order valence-corrected chi connectivity index (χ3v) is 3.64. The number of hydrogen-bond donors (Lipinski definition) is 2. The second kappa shape index (κ2) is 6.60. The Morgan fingerprint density at radius 3 is 2.75 bits per heavy atom. The van der Waals surface area contributed by atoms with Gasteiger partial charge in [0.2, 0.25) is 5.91 Å². The molecule has 0 radical (unpaired) electrons. The minimum atomic E-state index is 0.0953. The fraction of sp³-hybridized carbons (Fsp3) is 0.471. The van der Waals surface area contributed by atoms with Crippen LogP contribution in [0.3, 0.4) is 0 Å². The van der Waals surface area contributed by atoms with E-state index >= 15 is 0 Å². The number of carbonyl (C=O) groups excluding carboxylic acids is 1. The molecule has 2 aromatic rings. The van der Waals surface area contributed by atoms with Gasteiger partial charge in [-0.3, -0.25) is 4.79 Å². The highest BCUT2D eigenvalue weighted by Crippen LogP contribution is 2.17. The molecule has 108 valence electrons. The van der Waals surface area contributed by atoms with Gasteiger partial charge in [-0.1, -0.05) is 39.0 Å². The van der Waals surface area contributed by atoms with Crippen molar-refractivity contribution < 1.29 is 4.79 Å². The van der Waals surface area contributed by atoms with Gasteiger partial charge in [0.05, 0.1) is 0 Å². The van der Waals surface area contributed by atoms with Crippen molar-refractivity contribution in [3.63, 3.8) is 0 Å². The molecule has 0 aliphatic rings. The van der Waals surface area contributed by atoms with Crippen molar-refractivity contribution in [1.29, 1.82) is 0 Å². The molecule has 0 aliphatic heterocycles. The smallest absolute Gasteiger partial charge is 0.222 e. The molecule has 1 aromatic carbocycles. The first-order valence-electron chi connectivity index (χ1n) is 7.40. The van der Waals surface area contributed by atoms with Gasteiger partial charge in [-0.05, 0) is 30.4 Å². The lowest BCUT2D eigenvalue weighted by atomic mass is 9.98. The van der Waals surface area contributed by atoms with E-state index in [1.165, 1.54) is 10.9 Å². The Kier molecular flexibility index (Phi) is 4.83. The highest BCUT2D eigenvalue weighted by atomic mass is 16.1. The molecule has 20 heavy (non-hydrogen) atoms. The van der Waals surface area contributed by atoms with Crippen LogP contribution in [0.2, 0.25) is 0 Å². The molecule has 0 spiro atoms. The van der Waals surface area contributed by atoms with E-state index in [-0.39, 0.29) is 11.8 Å². The highest BCUT2D eigenvalue weighted by Gasteiger charge is 2.13. The zero-order valence-electron chi connectivity index (χ0n) is 12.6. The van der Waals surface area contributed by atoms with E-state index in [4.69, 9.17) is 0 Å². The fourth-order valence-corrected chi connectivity index (χ4v) is 2.65. The maximum absolute atomic E-state index is 12.0. The van der Waals surface area contributed by atoms with Crippen molar-refractivity contribution in [3.8, 4) is 0 Å². The molecule has 0 saturated heterocycles. The third-order valence-electron chi connectivity index (χ3n) is 3.64. The summed E-state index contributed by atoms with van der Waals surface area (Å²) in [7, 11) is 0. The number of nitrogens with one attached hydrogen (secondary N) is 2. The Bertz CT molecular complexity index is 571. The quantitative estimate of drug-likeness (QED) is 0.830. The van der Waals surface area contributed by atoms with Gasteiger partial charge in [0, 0.05) is 29.6 Å². The molecule has 1 heterocycles. The molecule has 0 saturated carbocycles.